The van der Waals surface area contributed by atoms with Crippen LogP contribution in [0.2, 0.25) is 0 Å². The van der Waals surface area contributed by atoms with Crippen LogP contribution < -0.4 is 10.6 Å². The van der Waals surface area contributed by atoms with Gasteiger partial charge in [-0.3, -0.25) is 0 Å². The van der Waals surface area contributed by atoms with Gasteiger partial charge in [0, 0.05) is 12.6 Å². The van der Waals surface area contributed by atoms with Crippen LogP contribution in [0, 0.1) is 5.92 Å². The fraction of sp³-hybridized carbons (Fsp3) is 0.538. The number of aromatic nitrogens is 1. The van der Waals surface area contributed by atoms with Gasteiger partial charge in [0.25, 0.3) is 0 Å². The average molecular weight is 249 g/mol. The van der Waals surface area contributed by atoms with Crippen molar-refractivity contribution in [2.45, 2.75) is 32.7 Å². The summed E-state index contributed by atoms with van der Waals surface area (Å²) >= 11 is 0. The third kappa shape index (κ3) is 2.39. The molecule has 1 aliphatic heterocycles. The number of nitrogen functional groups attached to an aromatic ring is 1. The fourth-order valence-corrected chi connectivity index (χ4v) is 2.41. The summed E-state index contributed by atoms with van der Waals surface area (Å²) in [4.78, 5) is 17.5. The van der Waals surface area contributed by atoms with Gasteiger partial charge in [0.2, 0.25) is 0 Å². The minimum atomic E-state index is -1.01. The molecule has 98 valence electrons. The first-order valence-corrected chi connectivity index (χ1v) is 6.24. The predicted molar refractivity (Wildman–Crippen MR) is 70.8 cm³/mol. The van der Waals surface area contributed by atoms with Gasteiger partial charge in [0.05, 0.1) is 17.4 Å². The zero-order valence-corrected chi connectivity index (χ0v) is 10.8. The van der Waals surface area contributed by atoms with E-state index < -0.39 is 5.97 Å². The van der Waals surface area contributed by atoms with E-state index in [1.54, 1.807) is 6.07 Å². The first kappa shape index (κ1) is 12.7. The molecule has 5 heteroatoms. The molecule has 5 nitrogen and oxygen atoms in total. The van der Waals surface area contributed by atoms with Gasteiger partial charge < -0.3 is 15.7 Å². The maximum absolute atomic E-state index is 11.1. The van der Waals surface area contributed by atoms with Gasteiger partial charge in [-0.05, 0) is 31.7 Å². The summed E-state index contributed by atoms with van der Waals surface area (Å²) in [5, 5.41) is 9.08. The lowest BCUT2D eigenvalue weighted by Gasteiger charge is -2.37. The molecule has 0 aromatic carbocycles. The lowest BCUT2D eigenvalue weighted by atomic mass is 9.95. The van der Waals surface area contributed by atoms with Crippen LogP contribution >= 0.6 is 0 Å². The monoisotopic (exact) mass is 249 g/mol. The second kappa shape index (κ2) is 4.84. The minimum absolute atomic E-state index is 0.130. The van der Waals surface area contributed by atoms with Crippen LogP contribution in [0.15, 0.2) is 12.3 Å². The summed E-state index contributed by atoms with van der Waals surface area (Å²) in [5.41, 5.74) is 5.96. The van der Waals surface area contributed by atoms with E-state index in [1.165, 1.54) is 12.6 Å². The number of carbonyl (C=O) groups is 1. The Morgan fingerprint density at radius 1 is 1.50 bits per heavy atom. The van der Waals surface area contributed by atoms with E-state index in [2.05, 4.69) is 23.7 Å². The molecule has 3 N–H and O–H groups in total. The Labute approximate surface area is 107 Å². The fourth-order valence-electron chi connectivity index (χ4n) is 2.41. The summed E-state index contributed by atoms with van der Waals surface area (Å²) in [6.07, 6.45) is 3.75. The molecule has 1 fully saturated rings. The molecule has 0 bridgehead atoms. The molecular weight excluding hydrogens is 230 g/mol. The van der Waals surface area contributed by atoms with Crippen molar-refractivity contribution in [3.63, 3.8) is 0 Å². The highest BCUT2D eigenvalue weighted by atomic mass is 16.4. The van der Waals surface area contributed by atoms with Crippen molar-refractivity contribution in [2.75, 3.05) is 17.2 Å². The summed E-state index contributed by atoms with van der Waals surface area (Å²) in [7, 11) is 0. The Morgan fingerprint density at radius 3 is 2.89 bits per heavy atom. The number of hydrogen-bond donors (Lipinski definition) is 2. The van der Waals surface area contributed by atoms with Crippen LogP contribution in [0.5, 0.6) is 0 Å². The predicted octanol–water partition coefficient (Wildman–Crippen LogP) is 1.99. The van der Waals surface area contributed by atoms with Crippen molar-refractivity contribution in [3.8, 4) is 0 Å². The Bertz CT molecular complexity index is 462. The Hall–Kier alpha value is -1.78. The van der Waals surface area contributed by atoms with Crippen molar-refractivity contribution >= 4 is 17.5 Å². The average Bonchev–Trinajstić information content (AvgIpc) is 2.33. The number of carboxylic acid groups (broad SMARTS) is 1. The van der Waals surface area contributed by atoms with Crippen LogP contribution in [-0.4, -0.2) is 28.6 Å². The SMILES string of the molecule is CC1CCC(C)N(c2cc(C(=O)O)c(N)cn2)C1. The smallest absolute Gasteiger partial charge is 0.337 e. The van der Waals surface area contributed by atoms with Crippen molar-refractivity contribution in [2.24, 2.45) is 5.92 Å². The number of nitrogens with zero attached hydrogens (tertiary/aromatic N) is 2. The Balaban J connectivity index is 2.32. The van der Waals surface area contributed by atoms with Crippen molar-refractivity contribution in [1.29, 1.82) is 0 Å². The standard InChI is InChI=1S/C13H19N3O2/c1-8-3-4-9(2)16(7-8)12-5-10(13(17)18)11(14)6-15-12/h5-6,8-9H,3-4,7,14H2,1-2H3,(H,17,18). The topological polar surface area (TPSA) is 79.5 Å². The third-order valence-electron chi connectivity index (χ3n) is 3.56. The quantitative estimate of drug-likeness (QED) is 0.837. The molecule has 0 amide bonds. The maximum Gasteiger partial charge on any atom is 0.337 e. The van der Waals surface area contributed by atoms with Crippen LogP contribution in [0.1, 0.15) is 37.0 Å². The normalized spacial score (nSPS) is 24.0. The largest absolute Gasteiger partial charge is 0.478 e. The van der Waals surface area contributed by atoms with E-state index in [0.29, 0.717) is 17.8 Å². The molecule has 0 radical (unpaired) electrons. The summed E-state index contributed by atoms with van der Waals surface area (Å²) < 4.78 is 0. The highest BCUT2D eigenvalue weighted by molar-refractivity contribution is 5.94. The van der Waals surface area contributed by atoms with Crippen LogP contribution in [0.3, 0.4) is 0 Å². The van der Waals surface area contributed by atoms with Crippen LogP contribution in [0.4, 0.5) is 11.5 Å². The van der Waals surface area contributed by atoms with Gasteiger partial charge in [-0.25, -0.2) is 9.78 Å². The van der Waals surface area contributed by atoms with E-state index in [9.17, 15) is 4.79 Å². The molecule has 2 heterocycles. The zero-order valence-electron chi connectivity index (χ0n) is 10.8. The zero-order chi connectivity index (χ0) is 13.3. The second-order valence-corrected chi connectivity index (χ2v) is 5.12. The highest BCUT2D eigenvalue weighted by Crippen LogP contribution is 2.27. The molecule has 2 unspecified atom stereocenters. The molecule has 2 rings (SSSR count). The van der Waals surface area contributed by atoms with E-state index in [1.807, 2.05) is 0 Å². The highest BCUT2D eigenvalue weighted by Gasteiger charge is 2.24. The lowest BCUT2D eigenvalue weighted by Crippen LogP contribution is -2.41. The van der Waals surface area contributed by atoms with E-state index in [-0.39, 0.29) is 11.3 Å². The van der Waals surface area contributed by atoms with E-state index in [0.717, 1.165) is 13.0 Å². The third-order valence-corrected chi connectivity index (χ3v) is 3.56. The summed E-state index contributed by atoms with van der Waals surface area (Å²) in [6.45, 7) is 5.26. The van der Waals surface area contributed by atoms with E-state index in [4.69, 9.17) is 10.8 Å². The van der Waals surface area contributed by atoms with E-state index >= 15 is 0 Å². The lowest BCUT2D eigenvalue weighted by molar-refractivity contribution is 0.0698. The Morgan fingerprint density at radius 2 is 2.22 bits per heavy atom. The number of piperidine rings is 1. The van der Waals surface area contributed by atoms with Crippen LogP contribution in [-0.2, 0) is 0 Å². The summed E-state index contributed by atoms with van der Waals surface area (Å²) in [6, 6.07) is 1.96. The van der Waals surface area contributed by atoms with Crippen molar-refractivity contribution < 1.29 is 9.90 Å². The molecule has 2 atom stereocenters. The van der Waals surface area contributed by atoms with Gasteiger partial charge in [0.1, 0.15) is 5.82 Å². The molecule has 0 saturated carbocycles. The molecule has 18 heavy (non-hydrogen) atoms. The number of rotatable bonds is 2. The van der Waals surface area contributed by atoms with Crippen LogP contribution in [0.25, 0.3) is 0 Å². The minimum Gasteiger partial charge on any atom is -0.478 e. The van der Waals surface area contributed by atoms with Gasteiger partial charge in [-0.1, -0.05) is 6.92 Å². The van der Waals surface area contributed by atoms with Gasteiger partial charge in [-0.15, -0.1) is 0 Å². The number of anilines is 2. The number of aromatic carboxylic acids is 1. The summed E-state index contributed by atoms with van der Waals surface area (Å²) in [5.74, 6) is 0.309. The number of carboxylic acids is 1. The van der Waals surface area contributed by atoms with Gasteiger partial charge in [0.15, 0.2) is 0 Å². The number of hydrogen-bond acceptors (Lipinski definition) is 4. The molecule has 1 aromatic rings. The molecule has 1 aromatic heterocycles. The van der Waals surface area contributed by atoms with Gasteiger partial charge in [-0.2, -0.15) is 0 Å². The number of nitrogens with two attached hydrogens (primary N) is 1. The molecule has 1 aliphatic rings. The second-order valence-electron chi connectivity index (χ2n) is 5.12. The first-order chi connectivity index (χ1) is 8.49. The molecule has 0 spiro atoms. The Kier molecular flexibility index (Phi) is 3.41. The van der Waals surface area contributed by atoms with Gasteiger partial charge >= 0.3 is 5.97 Å². The molecule has 1 saturated heterocycles. The van der Waals surface area contributed by atoms with Crippen molar-refractivity contribution in [3.05, 3.63) is 17.8 Å². The first-order valence-electron chi connectivity index (χ1n) is 6.24. The molecule has 0 aliphatic carbocycles. The van der Waals surface area contributed by atoms with Crippen molar-refractivity contribution in [1.82, 2.24) is 4.98 Å². The maximum atomic E-state index is 11.1. The molecular formula is C13H19N3O2. The number of pyridine rings is 1.